The van der Waals surface area contributed by atoms with Crippen molar-refractivity contribution in [2.24, 2.45) is 0 Å². The zero-order valence-electron chi connectivity index (χ0n) is 8.62. The summed E-state index contributed by atoms with van der Waals surface area (Å²) < 4.78 is 47.8. The molecule has 2 nitrogen and oxygen atoms in total. The quantitative estimate of drug-likeness (QED) is 0.747. The van der Waals surface area contributed by atoms with E-state index in [1.54, 1.807) is 30.3 Å². The van der Waals surface area contributed by atoms with Crippen molar-refractivity contribution in [3.8, 4) is 0 Å². The SMILES string of the molecule is CCO[C@]1(C(F)(F)F)O[C@@H]1c1ccccc1. The number of benzene rings is 1. The monoisotopic (exact) mass is 232 g/mol. The molecule has 0 saturated carbocycles. The highest BCUT2D eigenvalue weighted by atomic mass is 19.4. The maximum atomic E-state index is 12.8. The van der Waals surface area contributed by atoms with Crippen molar-refractivity contribution in [1.82, 2.24) is 0 Å². The predicted octanol–water partition coefficient (Wildman–Crippen LogP) is 3.05. The van der Waals surface area contributed by atoms with Crippen LogP contribution >= 0.6 is 0 Å². The first-order valence-corrected chi connectivity index (χ1v) is 4.94. The van der Waals surface area contributed by atoms with E-state index in [0.29, 0.717) is 5.56 Å². The summed E-state index contributed by atoms with van der Waals surface area (Å²) in [7, 11) is 0. The fourth-order valence-electron chi connectivity index (χ4n) is 1.68. The molecule has 0 aliphatic carbocycles. The minimum atomic E-state index is -4.51. The van der Waals surface area contributed by atoms with E-state index >= 15 is 0 Å². The van der Waals surface area contributed by atoms with Crippen LogP contribution in [-0.4, -0.2) is 18.6 Å². The first-order valence-electron chi connectivity index (χ1n) is 4.94. The molecular formula is C11H11F3O2. The predicted molar refractivity (Wildman–Crippen MR) is 50.7 cm³/mol. The van der Waals surface area contributed by atoms with E-state index in [9.17, 15) is 13.2 Å². The van der Waals surface area contributed by atoms with Gasteiger partial charge < -0.3 is 9.47 Å². The van der Waals surface area contributed by atoms with Gasteiger partial charge in [0.1, 0.15) is 6.10 Å². The van der Waals surface area contributed by atoms with Crippen molar-refractivity contribution >= 4 is 0 Å². The van der Waals surface area contributed by atoms with Crippen LogP contribution in [0.5, 0.6) is 0 Å². The average molecular weight is 232 g/mol. The Morgan fingerprint density at radius 3 is 2.44 bits per heavy atom. The first-order chi connectivity index (χ1) is 7.51. The summed E-state index contributed by atoms with van der Waals surface area (Å²) >= 11 is 0. The highest BCUT2D eigenvalue weighted by Gasteiger charge is 2.75. The third kappa shape index (κ3) is 1.70. The first kappa shape index (κ1) is 11.4. The van der Waals surface area contributed by atoms with Gasteiger partial charge in [-0.05, 0) is 12.5 Å². The van der Waals surface area contributed by atoms with Crippen LogP contribution in [0.3, 0.4) is 0 Å². The number of alkyl halides is 3. The molecule has 1 saturated heterocycles. The Bertz CT molecular complexity index is 363. The zero-order chi connectivity index (χ0) is 11.8. The minimum absolute atomic E-state index is 0.0388. The lowest BCUT2D eigenvalue weighted by molar-refractivity contribution is -0.270. The molecule has 0 aromatic heterocycles. The molecule has 1 fully saturated rings. The van der Waals surface area contributed by atoms with Gasteiger partial charge in [-0.25, -0.2) is 0 Å². The summed E-state index contributed by atoms with van der Waals surface area (Å²) in [5.41, 5.74) is 0.480. The third-order valence-corrected chi connectivity index (χ3v) is 2.44. The van der Waals surface area contributed by atoms with Crippen molar-refractivity contribution in [2.75, 3.05) is 6.61 Å². The summed E-state index contributed by atoms with van der Waals surface area (Å²) in [5, 5.41) is 0. The molecule has 16 heavy (non-hydrogen) atoms. The summed E-state index contributed by atoms with van der Waals surface area (Å²) in [6, 6.07) is 8.27. The van der Waals surface area contributed by atoms with Crippen LogP contribution in [0.15, 0.2) is 30.3 Å². The molecule has 2 atom stereocenters. The van der Waals surface area contributed by atoms with Crippen LogP contribution in [-0.2, 0) is 9.47 Å². The lowest BCUT2D eigenvalue weighted by Gasteiger charge is -2.16. The van der Waals surface area contributed by atoms with Crippen LogP contribution in [0.1, 0.15) is 18.6 Å². The second kappa shape index (κ2) is 3.75. The van der Waals surface area contributed by atoms with Gasteiger partial charge in [0.05, 0.1) is 0 Å². The van der Waals surface area contributed by atoms with E-state index in [4.69, 9.17) is 9.47 Å². The van der Waals surface area contributed by atoms with Gasteiger partial charge in [-0.2, -0.15) is 13.2 Å². The Balaban J connectivity index is 2.23. The smallest absolute Gasteiger partial charge is 0.341 e. The summed E-state index contributed by atoms with van der Waals surface area (Å²) in [4.78, 5) is 0. The van der Waals surface area contributed by atoms with Crippen molar-refractivity contribution in [3.05, 3.63) is 35.9 Å². The highest BCUT2D eigenvalue weighted by molar-refractivity contribution is 5.25. The van der Waals surface area contributed by atoms with Crippen molar-refractivity contribution in [1.29, 1.82) is 0 Å². The molecule has 1 aromatic rings. The molecule has 0 spiro atoms. The minimum Gasteiger partial charge on any atom is -0.341 e. The van der Waals surface area contributed by atoms with Crippen molar-refractivity contribution < 1.29 is 22.6 Å². The molecule has 0 bridgehead atoms. The van der Waals surface area contributed by atoms with Gasteiger partial charge in [-0.1, -0.05) is 30.3 Å². The van der Waals surface area contributed by atoms with Gasteiger partial charge in [0, 0.05) is 6.61 Å². The molecule has 1 aromatic carbocycles. The molecule has 0 N–H and O–H groups in total. The van der Waals surface area contributed by atoms with E-state index in [1.807, 2.05) is 0 Å². The molecular weight excluding hydrogens is 221 g/mol. The fourth-order valence-corrected chi connectivity index (χ4v) is 1.68. The Morgan fingerprint density at radius 1 is 1.31 bits per heavy atom. The van der Waals surface area contributed by atoms with Crippen LogP contribution in [0, 0.1) is 0 Å². The topological polar surface area (TPSA) is 21.8 Å². The Hall–Kier alpha value is -1.07. The van der Waals surface area contributed by atoms with Gasteiger partial charge in [0.2, 0.25) is 0 Å². The average Bonchev–Trinajstić information content (AvgIpc) is 2.95. The number of epoxide rings is 1. The van der Waals surface area contributed by atoms with Crippen molar-refractivity contribution in [2.45, 2.75) is 25.0 Å². The molecule has 1 aliphatic rings. The van der Waals surface area contributed by atoms with E-state index in [1.165, 1.54) is 6.92 Å². The number of ether oxygens (including phenoxy) is 2. The van der Waals surface area contributed by atoms with E-state index in [2.05, 4.69) is 0 Å². The third-order valence-electron chi connectivity index (χ3n) is 2.44. The number of halogens is 3. The summed E-state index contributed by atoms with van der Waals surface area (Å²) in [6.07, 6.45) is -5.56. The lowest BCUT2D eigenvalue weighted by atomic mass is 10.1. The van der Waals surface area contributed by atoms with Crippen LogP contribution in [0.25, 0.3) is 0 Å². The maximum absolute atomic E-state index is 12.8. The number of rotatable bonds is 3. The maximum Gasteiger partial charge on any atom is 0.446 e. The summed E-state index contributed by atoms with van der Waals surface area (Å²) in [6.45, 7) is 1.47. The lowest BCUT2D eigenvalue weighted by Crippen LogP contribution is -2.36. The second-order valence-electron chi connectivity index (χ2n) is 3.51. The van der Waals surface area contributed by atoms with Gasteiger partial charge in [0.15, 0.2) is 0 Å². The normalized spacial score (nSPS) is 29.1. The molecule has 0 amide bonds. The highest BCUT2D eigenvalue weighted by Crippen LogP contribution is 2.59. The van der Waals surface area contributed by atoms with Gasteiger partial charge in [-0.3, -0.25) is 0 Å². The molecule has 88 valence electrons. The van der Waals surface area contributed by atoms with Crippen LogP contribution in [0.2, 0.25) is 0 Å². The van der Waals surface area contributed by atoms with Gasteiger partial charge >= 0.3 is 6.18 Å². The largest absolute Gasteiger partial charge is 0.446 e. The van der Waals surface area contributed by atoms with Crippen molar-refractivity contribution in [3.63, 3.8) is 0 Å². The Labute approximate surface area is 91.0 Å². The molecule has 0 unspecified atom stereocenters. The Morgan fingerprint density at radius 2 is 1.94 bits per heavy atom. The number of hydrogen-bond acceptors (Lipinski definition) is 2. The molecule has 2 rings (SSSR count). The molecule has 1 heterocycles. The fraction of sp³-hybridized carbons (Fsp3) is 0.455. The van der Waals surface area contributed by atoms with E-state index in [-0.39, 0.29) is 6.61 Å². The molecule has 1 aliphatic heterocycles. The van der Waals surface area contributed by atoms with Gasteiger partial charge in [-0.15, -0.1) is 0 Å². The van der Waals surface area contributed by atoms with E-state index < -0.39 is 18.1 Å². The van der Waals surface area contributed by atoms with Gasteiger partial charge in [0.25, 0.3) is 5.79 Å². The number of hydrogen-bond donors (Lipinski definition) is 0. The standard InChI is InChI=1S/C11H11F3O2/c1-2-15-10(11(12,13)14)9(16-10)8-6-4-3-5-7-8/h3-7,9H,2H2,1H3/t9-,10+/m1/s1. The van der Waals surface area contributed by atoms with E-state index in [0.717, 1.165) is 0 Å². The summed E-state index contributed by atoms with van der Waals surface area (Å²) in [5.74, 6) is -2.44. The molecule has 0 radical (unpaired) electrons. The van der Waals surface area contributed by atoms with Crippen LogP contribution in [0.4, 0.5) is 13.2 Å². The second-order valence-corrected chi connectivity index (χ2v) is 3.51. The van der Waals surface area contributed by atoms with Crippen LogP contribution < -0.4 is 0 Å². The molecule has 5 heteroatoms. The zero-order valence-corrected chi connectivity index (χ0v) is 8.62. The Kier molecular flexibility index (Phi) is 2.67.